The van der Waals surface area contributed by atoms with Crippen LogP contribution < -0.4 is 4.74 Å². The summed E-state index contributed by atoms with van der Waals surface area (Å²) in [5.74, 6) is -0.0452. The van der Waals surface area contributed by atoms with Crippen LogP contribution in [0.2, 0.25) is 0 Å². The van der Waals surface area contributed by atoms with Crippen molar-refractivity contribution in [3.8, 4) is 11.4 Å². The first kappa shape index (κ1) is 13.1. The van der Waals surface area contributed by atoms with E-state index in [1.807, 2.05) is 38.1 Å². The number of hydrogen-bond acceptors (Lipinski definition) is 3. The molecule has 0 aliphatic rings. The van der Waals surface area contributed by atoms with E-state index in [9.17, 15) is 4.79 Å². The lowest BCUT2D eigenvalue weighted by molar-refractivity contribution is -0.136. The average Bonchev–Trinajstić information content (AvgIpc) is 2.72. The summed E-state index contributed by atoms with van der Waals surface area (Å²) in [4.78, 5) is 10.7. The van der Waals surface area contributed by atoms with E-state index in [4.69, 9.17) is 9.84 Å². The second kappa shape index (κ2) is 5.56. The molecule has 0 aliphatic carbocycles. The Hall–Kier alpha value is -2.30. The number of aliphatic carboxylic acids is 1. The van der Waals surface area contributed by atoms with Gasteiger partial charge in [-0.15, -0.1) is 0 Å². The lowest BCUT2D eigenvalue weighted by Gasteiger charge is -2.07. The zero-order valence-electron chi connectivity index (χ0n) is 11.0. The first-order valence-corrected chi connectivity index (χ1v) is 6.10. The number of carboxylic acids is 1. The standard InChI is InChI=1S/C14H16N2O3/c1-3-19-13-6-4-12(5-7-13)16-10(2)11(9-15-16)8-14(17)18/h4-7,9H,3,8H2,1-2H3,(H,17,18). The first-order chi connectivity index (χ1) is 9.11. The summed E-state index contributed by atoms with van der Waals surface area (Å²) in [6.45, 7) is 4.42. The van der Waals surface area contributed by atoms with E-state index in [2.05, 4.69) is 5.10 Å². The number of carboxylic acid groups (broad SMARTS) is 1. The summed E-state index contributed by atoms with van der Waals surface area (Å²) >= 11 is 0. The van der Waals surface area contributed by atoms with Gasteiger partial charge in [0.15, 0.2) is 0 Å². The van der Waals surface area contributed by atoms with Crippen LogP contribution in [-0.2, 0) is 11.2 Å². The van der Waals surface area contributed by atoms with Gasteiger partial charge >= 0.3 is 5.97 Å². The molecular formula is C14H16N2O3. The Bertz CT molecular complexity index is 573. The van der Waals surface area contributed by atoms with E-state index in [1.54, 1.807) is 10.9 Å². The van der Waals surface area contributed by atoms with Crippen LogP contribution in [0.4, 0.5) is 0 Å². The lowest BCUT2D eigenvalue weighted by Crippen LogP contribution is -2.03. The molecular weight excluding hydrogens is 244 g/mol. The molecule has 0 radical (unpaired) electrons. The number of nitrogens with zero attached hydrogens (tertiary/aromatic N) is 2. The van der Waals surface area contributed by atoms with Crippen molar-refractivity contribution in [3.63, 3.8) is 0 Å². The van der Waals surface area contributed by atoms with Crippen LogP contribution in [-0.4, -0.2) is 27.5 Å². The van der Waals surface area contributed by atoms with E-state index in [-0.39, 0.29) is 6.42 Å². The van der Waals surface area contributed by atoms with Crippen LogP contribution in [0.3, 0.4) is 0 Å². The Labute approximate surface area is 111 Å². The molecule has 0 atom stereocenters. The van der Waals surface area contributed by atoms with Crippen molar-refractivity contribution in [3.05, 3.63) is 41.7 Å². The van der Waals surface area contributed by atoms with Gasteiger partial charge < -0.3 is 9.84 Å². The summed E-state index contributed by atoms with van der Waals surface area (Å²) < 4.78 is 7.11. The molecule has 5 heteroatoms. The van der Waals surface area contributed by atoms with Gasteiger partial charge in [0.1, 0.15) is 5.75 Å². The fourth-order valence-electron chi connectivity index (χ4n) is 1.89. The van der Waals surface area contributed by atoms with Gasteiger partial charge in [0.2, 0.25) is 0 Å². The smallest absolute Gasteiger partial charge is 0.307 e. The van der Waals surface area contributed by atoms with E-state index in [1.165, 1.54) is 0 Å². The fourth-order valence-corrected chi connectivity index (χ4v) is 1.89. The third-order valence-corrected chi connectivity index (χ3v) is 2.85. The predicted molar refractivity (Wildman–Crippen MR) is 70.8 cm³/mol. The quantitative estimate of drug-likeness (QED) is 0.895. The first-order valence-electron chi connectivity index (χ1n) is 6.10. The predicted octanol–water partition coefficient (Wildman–Crippen LogP) is 2.21. The zero-order chi connectivity index (χ0) is 13.8. The average molecular weight is 260 g/mol. The van der Waals surface area contributed by atoms with Crippen molar-refractivity contribution in [2.75, 3.05) is 6.61 Å². The van der Waals surface area contributed by atoms with Gasteiger partial charge in [-0.2, -0.15) is 5.10 Å². The van der Waals surface area contributed by atoms with E-state index >= 15 is 0 Å². The third kappa shape index (κ3) is 2.93. The molecule has 0 amide bonds. The summed E-state index contributed by atoms with van der Waals surface area (Å²) in [6, 6.07) is 7.54. The summed E-state index contributed by atoms with van der Waals surface area (Å²) in [6.07, 6.45) is 1.59. The van der Waals surface area contributed by atoms with Crippen molar-refractivity contribution in [2.24, 2.45) is 0 Å². The molecule has 1 N–H and O–H groups in total. The Balaban J connectivity index is 2.26. The Kier molecular flexibility index (Phi) is 3.85. The number of ether oxygens (including phenoxy) is 1. The van der Waals surface area contributed by atoms with Gasteiger partial charge in [-0.25, -0.2) is 4.68 Å². The minimum atomic E-state index is -0.852. The van der Waals surface area contributed by atoms with Crippen molar-refractivity contribution >= 4 is 5.97 Å². The van der Waals surface area contributed by atoms with Crippen molar-refractivity contribution in [2.45, 2.75) is 20.3 Å². The summed E-state index contributed by atoms with van der Waals surface area (Å²) in [5.41, 5.74) is 2.45. The van der Waals surface area contributed by atoms with Gasteiger partial charge in [0, 0.05) is 11.3 Å². The lowest BCUT2D eigenvalue weighted by atomic mass is 10.2. The van der Waals surface area contributed by atoms with Crippen LogP contribution in [0.1, 0.15) is 18.2 Å². The molecule has 5 nitrogen and oxygen atoms in total. The maximum absolute atomic E-state index is 10.7. The van der Waals surface area contributed by atoms with Crippen molar-refractivity contribution < 1.29 is 14.6 Å². The highest BCUT2D eigenvalue weighted by atomic mass is 16.5. The van der Waals surface area contributed by atoms with Gasteiger partial charge in [-0.1, -0.05) is 0 Å². The number of carbonyl (C=O) groups is 1. The van der Waals surface area contributed by atoms with Crippen molar-refractivity contribution in [1.82, 2.24) is 9.78 Å². The molecule has 1 aromatic carbocycles. The molecule has 100 valence electrons. The Morgan fingerprint density at radius 1 is 1.37 bits per heavy atom. The molecule has 0 unspecified atom stereocenters. The molecule has 2 aromatic rings. The molecule has 0 bridgehead atoms. The largest absolute Gasteiger partial charge is 0.494 e. The molecule has 0 saturated heterocycles. The minimum Gasteiger partial charge on any atom is -0.494 e. The normalized spacial score (nSPS) is 10.4. The van der Waals surface area contributed by atoms with Crippen LogP contribution in [0.5, 0.6) is 5.75 Å². The maximum atomic E-state index is 10.7. The second-order valence-corrected chi connectivity index (χ2v) is 4.16. The topological polar surface area (TPSA) is 64.4 Å². The van der Waals surface area contributed by atoms with Gasteiger partial charge in [0.25, 0.3) is 0 Å². The van der Waals surface area contributed by atoms with Gasteiger partial charge in [-0.3, -0.25) is 4.79 Å². The van der Waals surface area contributed by atoms with Crippen LogP contribution >= 0.6 is 0 Å². The highest BCUT2D eigenvalue weighted by molar-refractivity contribution is 5.70. The molecule has 0 aliphatic heterocycles. The van der Waals surface area contributed by atoms with E-state index in [0.29, 0.717) is 6.61 Å². The highest BCUT2D eigenvalue weighted by Gasteiger charge is 2.10. The minimum absolute atomic E-state index is 0.0110. The molecule has 0 fully saturated rings. The van der Waals surface area contributed by atoms with Crippen LogP contribution in [0.25, 0.3) is 5.69 Å². The van der Waals surface area contributed by atoms with Gasteiger partial charge in [-0.05, 0) is 38.1 Å². The number of hydrogen-bond donors (Lipinski definition) is 1. The van der Waals surface area contributed by atoms with Gasteiger partial charge in [0.05, 0.1) is 24.9 Å². The highest BCUT2D eigenvalue weighted by Crippen LogP contribution is 2.18. The number of benzene rings is 1. The molecule has 1 aromatic heterocycles. The summed E-state index contributed by atoms with van der Waals surface area (Å²) in [5, 5.41) is 13.0. The Morgan fingerprint density at radius 2 is 2.05 bits per heavy atom. The molecule has 0 saturated carbocycles. The molecule has 1 heterocycles. The maximum Gasteiger partial charge on any atom is 0.307 e. The van der Waals surface area contributed by atoms with Crippen LogP contribution in [0.15, 0.2) is 30.5 Å². The molecule has 19 heavy (non-hydrogen) atoms. The molecule has 0 spiro atoms. The van der Waals surface area contributed by atoms with E-state index in [0.717, 1.165) is 22.7 Å². The number of rotatable bonds is 5. The Morgan fingerprint density at radius 3 is 2.63 bits per heavy atom. The SMILES string of the molecule is CCOc1ccc(-n2ncc(CC(=O)O)c2C)cc1. The third-order valence-electron chi connectivity index (χ3n) is 2.85. The summed E-state index contributed by atoms with van der Waals surface area (Å²) in [7, 11) is 0. The fraction of sp³-hybridized carbons (Fsp3) is 0.286. The molecule has 2 rings (SSSR count). The monoisotopic (exact) mass is 260 g/mol. The zero-order valence-corrected chi connectivity index (χ0v) is 11.0. The van der Waals surface area contributed by atoms with E-state index < -0.39 is 5.97 Å². The second-order valence-electron chi connectivity index (χ2n) is 4.16. The number of aromatic nitrogens is 2. The van der Waals surface area contributed by atoms with Crippen molar-refractivity contribution in [1.29, 1.82) is 0 Å². The van der Waals surface area contributed by atoms with Crippen LogP contribution in [0, 0.1) is 6.92 Å².